The lowest BCUT2D eigenvalue weighted by molar-refractivity contribution is -0.910. The average molecular weight is 426 g/mol. The summed E-state index contributed by atoms with van der Waals surface area (Å²) in [6.07, 6.45) is 2.85. The van der Waals surface area contributed by atoms with Crippen molar-refractivity contribution < 1.29 is 24.1 Å². The second kappa shape index (κ2) is 8.93. The number of anilines is 1. The van der Waals surface area contributed by atoms with Crippen LogP contribution in [0, 0.1) is 24.0 Å². The van der Waals surface area contributed by atoms with E-state index < -0.39 is 4.92 Å². The summed E-state index contributed by atoms with van der Waals surface area (Å²) >= 11 is 0. The molecule has 2 N–H and O–H groups in total. The fourth-order valence-electron chi connectivity index (χ4n) is 4.42. The zero-order chi connectivity index (χ0) is 22.0. The van der Waals surface area contributed by atoms with Gasteiger partial charge in [0.05, 0.1) is 24.7 Å². The highest BCUT2D eigenvalue weighted by Crippen LogP contribution is 2.33. The number of nitrogens with zero attached hydrogens (tertiary/aromatic N) is 1. The molecule has 1 amide bonds. The predicted octanol–water partition coefficient (Wildman–Crippen LogP) is 2.73. The molecule has 2 aromatic rings. The zero-order valence-electron chi connectivity index (χ0n) is 17.9. The van der Waals surface area contributed by atoms with E-state index in [2.05, 4.69) is 11.4 Å². The lowest BCUT2D eigenvalue weighted by Crippen LogP contribution is -3.11. The Labute approximate surface area is 181 Å². The lowest BCUT2D eigenvalue weighted by Gasteiger charge is -2.22. The Bertz CT molecular complexity index is 1010. The molecular formula is C23H28N3O5+. The largest absolute Gasteiger partial charge is 0.490 e. The van der Waals surface area contributed by atoms with Gasteiger partial charge < -0.3 is 19.7 Å². The predicted molar refractivity (Wildman–Crippen MR) is 116 cm³/mol. The van der Waals surface area contributed by atoms with Crippen molar-refractivity contribution in [2.75, 3.05) is 31.6 Å². The van der Waals surface area contributed by atoms with Crippen molar-refractivity contribution in [1.29, 1.82) is 0 Å². The Kier molecular flexibility index (Phi) is 6.08. The first kappa shape index (κ1) is 21.1. The maximum atomic E-state index is 12.9. The summed E-state index contributed by atoms with van der Waals surface area (Å²) in [5.41, 5.74) is 2.97. The normalized spacial score (nSPS) is 20.2. The highest BCUT2D eigenvalue weighted by Gasteiger charge is 2.33. The van der Waals surface area contributed by atoms with Gasteiger partial charge in [-0.15, -0.1) is 0 Å². The molecule has 31 heavy (non-hydrogen) atoms. The number of hydrogen-bond donors (Lipinski definition) is 2. The van der Waals surface area contributed by atoms with Crippen LogP contribution in [0.25, 0.3) is 0 Å². The van der Waals surface area contributed by atoms with Gasteiger partial charge in [-0.2, -0.15) is 0 Å². The van der Waals surface area contributed by atoms with Crippen molar-refractivity contribution in [2.24, 2.45) is 0 Å². The van der Waals surface area contributed by atoms with Crippen LogP contribution in [0.2, 0.25) is 0 Å². The number of nitrogens with one attached hydrogen (secondary N) is 2. The van der Waals surface area contributed by atoms with E-state index in [0.717, 1.165) is 58.9 Å². The van der Waals surface area contributed by atoms with E-state index in [0.29, 0.717) is 18.9 Å². The molecule has 2 aliphatic rings. The van der Waals surface area contributed by atoms with Crippen molar-refractivity contribution in [1.82, 2.24) is 0 Å². The van der Waals surface area contributed by atoms with Crippen molar-refractivity contribution in [3.63, 3.8) is 0 Å². The molecule has 0 aliphatic carbocycles. The Morgan fingerprint density at radius 3 is 2.71 bits per heavy atom. The van der Waals surface area contributed by atoms with Gasteiger partial charge >= 0.3 is 0 Å². The van der Waals surface area contributed by atoms with Gasteiger partial charge in [-0.1, -0.05) is 6.07 Å². The van der Waals surface area contributed by atoms with Crippen LogP contribution in [-0.4, -0.2) is 37.1 Å². The fourth-order valence-corrected chi connectivity index (χ4v) is 4.42. The van der Waals surface area contributed by atoms with Crippen LogP contribution in [-0.2, 0) is 4.79 Å². The van der Waals surface area contributed by atoms with Gasteiger partial charge in [0, 0.05) is 30.9 Å². The molecule has 0 bridgehead atoms. The van der Waals surface area contributed by atoms with E-state index in [-0.39, 0.29) is 24.2 Å². The molecule has 0 aromatic heterocycles. The van der Waals surface area contributed by atoms with Gasteiger partial charge in [0.25, 0.3) is 11.6 Å². The first-order chi connectivity index (χ1) is 14.9. The number of hydrogen-bond acceptors (Lipinski definition) is 5. The summed E-state index contributed by atoms with van der Waals surface area (Å²) in [7, 11) is 0. The number of likely N-dealkylation sites (tertiary alicyclic amines) is 1. The SMILES string of the molecule is Cc1ccc([N+](=O)[O-])c(NC(=O)C[NH+]2CCC[C@@H]2c2ccc3c(c2)OCCCO3)c1C. The molecule has 8 heteroatoms. The van der Waals surface area contributed by atoms with Crippen LogP contribution in [0.15, 0.2) is 30.3 Å². The fraction of sp³-hybridized carbons (Fsp3) is 0.435. The van der Waals surface area contributed by atoms with Crippen molar-refractivity contribution >= 4 is 17.3 Å². The second-order valence-electron chi connectivity index (χ2n) is 8.24. The van der Waals surface area contributed by atoms with Gasteiger partial charge in [0.15, 0.2) is 18.0 Å². The van der Waals surface area contributed by atoms with Gasteiger partial charge in [-0.25, -0.2) is 0 Å². The van der Waals surface area contributed by atoms with E-state index in [1.54, 1.807) is 13.0 Å². The number of nitro groups is 1. The highest BCUT2D eigenvalue weighted by atomic mass is 16.6. The summed E-state index contributed by atoms with van der Waals surface area (Å²) in [4.78, 5) is 25.0. The molecule has 1 unspecified atom stereocenters. The molecule has 8 nitrogen and oxygen atoms in total. The first-order valence-corrected chi connectivity index (χ1v) is 10.7. The third-order valence-electron chi connectivity index (χ3n) is 6.22. The van der Waals surface area contributed by atoms with Crippen LogP contribution >= 0.6 is 0 Å². The van der Waals surface area contributed by atoms with Crippen molar-refractivity contribution in [3.8, 4) is 11.5 Å². The monoisotopic (exact) mass is 426 g/mol. The van der Waals surface area contributed by atoms with E-state index in [9.17, 15) is 14.9 Å². The number of ether oxygens (including phenoxy) is 2. The number of amides is 1. The molecule has 164 valence electrons. The quantitative estimate of drug-likeness (QED) is 0.566. The molecule has 2 aromatic carbocycles. The summed E-state index contributed by atoms with van der Waals surface area (Å²) in [5, 5.41) is 14.2. The standard InChI is InChI=1S/C23H27N3O5/c1-15-6-8-19(26(28)29)23(16(15)2)24-22(27)14-25-10-3-5-18(25)17-7-9-20-21(13-17)31-12-4-11-30-20/h6-9,13,18H,3-5,10-12,14H2,1-2H3,(H,24,27)/p+1/t18-/m1/s1. The van der Waals surface area contributed by atoms with Crippen LogP contribution in [0.3, 0.4) is 0 Å². The van der Waals surface area contributed by atoms with Gasteiger partial charge in [0.2, 0.25) is 0 Å². The van der Waals surface area contributed by atoms with Crippen molar-refractivity contribution in [2.45, 2.75) is 39.2 Å². The van der Waals surface area contributed by atoms with Crippen molar-refractivity contribution in [3.05, 3.63) is 57.1 Å². The summed E-state index contributed by atoms with van der Waals surface area (Å²) in [6.45, 7) is 6.08. The Morgan fingerprint density at radius 2 is 1.94 bits per heavy atom. The van der Waals surface area contributed by atoms with E-state index in [4.69, 9.17) is 9.47 Å². The molecule has 0 radical (unpaired) electrons. The molecule has 2 atom stereocenters. The van der Waals surface area contributed by atoms with E-state index in [1.165, 1.54) is 6.07 Å². The summed E-state index contributed by atoms with van der Waals surface area (Å²) in [5.74, 6) is 1.31. The van der Waals surface area contributed by atoms with E-state index >= 15 is 0 Å². The lowest BCUT2D eigenvalue weighted by atomic mass is 10.0. The Morgan fingerprint density at radius 1 is 1.16 bits per heavy atom. The van der Waals surface area contributed by atoms with Gasteiger partial charge in [0.1, 0.15) is 11.7 Å². The zero-order valence-corrected chi connectivity index (χ0v) is 17.9. The number of carbonyl (C=O) groups excluding carboxylic acids is 1. The van der Waals surface area contributed by atoms with Gasteiger partial charge in [-0.05, 0) is 43.2 Å². The maximum Gasteiger partial charge on any atom is 0.293 e. The minimum atomic E-state index is -0.453. The van der Waals surface area contributed by atoms with Crippen LogP contribution in [0.5, 0.6) is 11.5 Å². The minimum absolute atomic E-state index is 0.0766. The molecule has 4 rings (SSSR count). The van der Waals surface area contributed by atoms with Crippen LogP contribution in [0.1, 0.15) is 42.0 Å². The molecule has 0 spiro atoms. The number of aryl methyl sites for hydroxylation is 1. The molecule has 2 aliphatic heterocycles. The third-order valence-corrected chi connectivity index (χ3v) is 6.22. The number of carbonyl (C=O) groups is 1. The topological polar surface area (TPSA) is 95.1 Å². The number of quaternary nitrogens is 1. The molecule has 0 saturated carbocycles. The minimum Gasteiger partial charge on any atom is -0.490 e. The average Bonchev–Trinajstić information content (AvgIpc) is 3.06. The number of rotatable bonds is 5. The first-order valence-electron chi connectivity index (χ1n) is 10.7. The van der Waals surface area contributed by atoms with E-state index in [1.807, 2.05) is 19.1 Å². The Hall–Kier alpha value is -3.13. The molecule has 2 heterocycles. The third kappa shape index (κ3) is 4.49. The summed E-state index contributed by atoms with van der Waals surface area (Å²) < 4.78 is 11.6. The van der Waals surface area contributed by atoms with Crippen LogP contribution < -0.4 is 19.7 Å². The molecule has 1 saturated heterocycles. The molecule has 1 fully saturated rings. The van der Waals surface area contributed by atoms with Gasteiger partial charge in [-0.3, -0.25) is 14.9 Å². The number of fused-ring (bicyclic) bond motifs is 1. The Balaban J connectivity index is 1.50. The second-order valence-corrected chi connectivity index (χ2v) is 8.24. The molecular weight excluding hydrogens is 398 g/mol. The smallest absolute Gasteiger partial charge is 0.293 e. The number of benzene rings is 2. The highest BCUT2D eigenvalue weighted by molar-refractivity contribution is 5.95. The number of nitro benzene ring substituents is 1. The summed E-state index contributed by atoms with van der Waals surface area (Å²) in [6, 6.07) is 9.36. The van der Waals surface area contributed by atoms with Crippen LogP contribution in [0.4, 0.5) is 11.4 Å². The maximum absolute atomic E-state index is 12.9.